The fourth-order valence-corrected chi connectivity index (χ4v) is 6.23. The lowest BCUT2D eigenvalue weighted by Crippen LogP contribution is -2.40. The molecule has 5 aromatic rings. The molecule has 218 valence electrons. The minimum Gasteiger partial charge on any atom is -0.481 e. The van der Waals surface area contributed by atoms with Crippen molar-refractivity contribution in [3.05, 3.63) is 94.6 Å². The van der Waals surface area contributed by atoms with E-state index in [1.165, 1.54) is 11.0 Å². The number of carbonyl (C=O) groups is 2. The van der Waals surface area contributed by atoms with Gasteiger partial charge in [-0.1, -0.05) is 30.3 Å². The highest BCUT2D eigenvalue weighted by Gasteiger charge is 2.44. The summed E-state index contributed by atoms with van der Waals surface area (Å²) >= 11 is 0. The van der Waals surface area contributed by atoms with Crippen LogP contribution in [0.1, 0.15) is 64.3 Å². The Balaban J connectivity index is 1.31. The Morgan fingerprint density at radius 2 is 1.77 bits per heavy atom. The van der Waals surface area contributed by atoms with Gasteiger partial charge >= 0.3 is 5.97 Å². The van der Waals surface area contributed by atoms with Crippen LogP contribution >= 0.6 is 0 Å². The molecular formula is C32H28F2N6O3. The number of amides is 1. The first-order valence-electron chi connectivity index (χ1n) is 14.1. The van der Waals surface area contributed by atoms with Crippen molar-refractivity contribution in [3.8, 4) is 22.6 Å². The zero-order valence-electron chi connectivity index (χ0n) is 23.7. The average molecular weight is 583 g/mol. The van der Waals surface area contributed by atoms with Gasteiger partial charge in [0, 0.05) is 18.7 Å². The molecule has 0 bridgehead atoms. The number of alkyl halides is 1. The molecule has 4 atom stereocenters. The van der Waals surface area contributed by atoms with Gasteiger partial charge in [0.2, 0.25) is 0 Å². The van der Waals surface area contributed by atoms with E-state index in [-0.39, 0.29) is 29.8 Å². The fraction of sp³-hybridized carbons (Fsp3) is 0.281. The van der Waals surface area contributed by atoms with Crippen LogP contribution in [-0.4, -0.2) is 52.8 Å². The molecule has 1 aliphatic carbocycles. The lowest BCUT2D eigenvalue weighted by atomic mass is 9.92. The third kappa shape index (κ3) is 4.46. The predicted octanol–water partition coefficient (Wildman–Crippen LogP) is 5.66. The molecule has 1 saturated carbocycles. The third-order valence-electron chi connectivity index (χ3n) is 8.58. The maximum atomic E-state index is 15.4. The largest absolute Gasteiger partial charge is 0.481 e. The molecule has 0 radical (unpaired) electrons. The van der Waals surface area contributed by atoms with Crippen LogP contribution in [0.4, 0.5) is 8.78 Å². The van der Waals surface area contributed by atoms with E-state index in [9.17, 15) is 14.7 Å². The van der Waals surface area contributed by atoms with Crippen molar-refractivity contribution in [2.24, 2.45) is 13.0 Å². The summed E-state index contributed by atoms with van der Waals surface area (Å²) in [5.41, 5.74) is 4.86. The Morgan fingerprint density at radius 1 is 1.00 bits per heavy atom. The Labute approximate surface area is 245 Å². The van der Waals surface area contributed by atoms with Gasteiger partial charge < -0.3 is 10.0 Å². The summed E-state index contributed by atoms with van der Waals surface area (Å²) < 4.78 is 33.8. The molecule has 7 rings (SSSR count). The van der Waals surface area contributed by atoms with Gasteiger partial charge in [-0.2, -0.15) is 10.2 Å². The van der Waals surface area contributed by atoms with E-state index in [1.54, 1.807) is 52.6 Å². The van der Waals surface area contributed by atoms with Crippen molar-refractivity contribution < 1.29 is 23.5 Å². The van der Waals surface area contributed by atoms with Crippen LogP contribution in [0.5, 0.6) is 0 Å². The van der Waals surface area contributed by atoms with E-state index in [0.29, 0.717) is 40.3 Å². The van der Waals surface area contributed by atoms with Crippen LogP contribution in [0.2, 0.25) is 0 Å². The fourth-order valence-electron chi connectivity index (χ4n) is 6.23. The number of benzene rings is 2. The molecule has 3 aromatic heterocycles. The van der Waals surface area contributed by atoms with E-state index in [4.69, 9.17) is 0 Å². The summed E-state index contributed by atoms with van der Waals surface area (Å²) in [5, 5.41) is 18.4. The van der Waals surface area contributed by atoms with Gasteiger partial charge in [0.1, 0.15) is 17.7 Å². The monoisotopic (exact) mass is 582 g/mol. The maximum Gasteiger partial charge on any atom is 0.307 e. The molecule has 0 saturated heterocycles. The first kappa shape index (κ1) is 26.9. The standard InChI is InChI=1S/C32H28F2N6O3/c1-16-10-28(38(3)36-16)29-13-27(31(41)39-15-25(34)20-7-5-4-6-19(20)17(39)2)35-30-14-26(37-40(29)30)21-9-8-18(11-24(21)33)22-12-23(22)32(42)43/h4-11,13-14,17,22-23,25H,12,15H2,1-3H3,(H,42,43)/t17-,22-,23+,25-/m1/s1. The highest BCUT2D eigenvalue weighted by molar-refractivity contribution is 5.94. The Kier molecular flexibility index (Phi) is 6.15. The summed E-state index contributed by atoms with van der Waals surface area (Å²) in [7, 11) is 1.78. The van der Waals surface area contributed by atoms with E-state index >= 15 is 8.78 Å². The molecule has 1 N–H and O–H groups in total. The number of aryl methyl sites for hydroxylation is 2. The highest BCUT2D eigenvalue weighted by atomic mass is 19.1. The van der Waals surface area contributed by atoms with Gasteiger partial charge in [0.25, 0.3) is 5.91 Å². The minimum atomic E-state index is -1.33. The van der Waals surface area contributed by atoms with E-state index in [1.807, 2.05) is 32.0 Å². The Bertz CT molecular complexity index is 1950. The smallest absolute Gasteiger partial charge is 0.307 e. The van der Waals surface area contributed by atoms with Crippen LogP contribution in [0, 0.1) is 18.7 Å². The summed E-state index contributed by atoms with van der Waals surface area (Å²) in [6.07, 6.45) is -0.839. The Morgan fingerprint density at radius 3 is 2.44 bits per heavy atom. The molecule has 1 aliphatic heterocycles. The van der Waals surface area contributed by atoms with Crippen molar-refractivity contribution in [2.75, 3.05) is 6.54 Å². The molecule has 4 heterocycles. The molecule has 1 fully saturated rings. The quantitative estimate of drug-likeness (QED) is 0.287. The van der Waals surface area contributed by atoms with Crippen molar-refractivity contribution in [1.29, 1.82) is 0 Å². The second kappa shape index (κ2) is 9.82. The van der Waals surface area contributed by atoms with Crippen LogP contribution in [0.15, 0.2) is 60.7 Å². The number of fused-ring (bicyclic) bond motifs is 2. The van der Waals surface area contributed by atoms with Crippen LogP contribution < -0.4 is 0 Å². The Hall–Kier alpha value is -4.93. The number of hydrogen-bond donors (Lipinski definition) is 1. The summed E-state index contributed by atoms with van der Waals surface area (Å²) in [5.74, 6) is -2.53. The number of hydrogen-bond acceptors (Lipinski definition) is 5. The van der Waals surface area contributed by atoms with Crippen LogP contribution in [0.3, 0.4) is 0 Å². The first-order valence-corrected chi connectivity index (χ1v) is 14.1. The van der Waals surface area contributed by atoms with Gasteiger partial charge in [-0.3, -0.25) is 14.3 Å². The summed E-state index contributed by atoms with van der Waals surface area (Å²) in [6, 6.07) is 16.6. The van der Waals surface area contributed by atoms with Crippen molar-refractivity contribution in [3.63, 3.8) is 0 Å². The van der Waals surface area contributed by atoms with E-state index in [0.717, 1.165) is 11.3 Å². The molecule has 2 aliphatic rings. The number of aliphatic carboxylic acids is 1. The summed E-state index contributed by atoms with van der Waals surface area (Å²) in [6.45, 7) is 3.62. The molecule has 9 nitrogen and oxygen atoms in total. The first-order chi connectivity index (χ1) is 20.6. The minimum absolute atomic E-state index is 0.101. The van der Waals surface area contributed by atoms with Gasteiger partial charge in [-0.05, 0) is 67.1 Å². The molecule has 0 unspecified atom stereocenters. The van der Waals surface area contributed by atoms with Crippen molar-refractivity contribution in [1.82, 2.24) is 29.3 Å². The molecule has 1 amide bonds. The maximum absolute atomic E-state index is 15.4. The van der Waals surface area contributed by atoms with Crippen molar-refractivity contribution >= 4 is 17.5 Å². The zero-order valence-corrected chi connectivity index (χ0v) is 23.7. The molecule has 11 heteroatoms. The second-order valence-corrected chi connectivity index (χ2v) is 11.4. The van der Waals surface area contributed by atoms with E-state index < -0.39 is 29.8 Å². The van der Waals surface area contributed by atoms with Crippen LogP contribution in [-0.2, 0) is 11.8 Å². The topological polar surface area (TPSA) is 106 Å². The molecular weight excluding hydrogens is 554 g/mol. The number of carboxylic acid groups (broad SMARTS) is 1. The second-order valence-electron chi connectivity index (χ2n) is 11.4. The highest BCUT2D eigenvalue weighted by Crippen LogP contribution is 2.48. The van der Waals surface area contributed by atoms with Crippen LogP contribution in [0.25, 0.3) is 28.3 Å². The predicted molar refractivity (Wildman–Crippen MR) is 154 cm³/mol. The van der Waals surface area contributed by atoms with Gasteiger partial charge in [-0.15, -0.1) is 0 Å². The van der Waals surface area contributed by atoms with Crippen molar-refractivity contribution in [2.45, 2.75) is 38.4 Å². The number of halogens is 2. The van der Waals surface area contributed by atoms with E-state index in [2.05, 4.69) is 15.2 Å². The number of rotatable bonds is 5. The lowest BCUT2D eigenvalue weighted by Gasteiger charge is -2.36. The summed E-state index contributed by atoms with van der Waals surface area (Å²) in [4.78, 5) is 31.3. The molecule has 0 spiro atoms. The van der Waals surface area contributed by atoms with Gasteiger partial charge in [-0.25, -0.2) is 18.3 Å². The van der Waals surface area contributed by atoms with Gasteiger partial charge in [0.15, 0.2) is 5.65 Å². The van der Waals surface area contributed by atoms with Gasteiger partial charge in [0.05, 0.1) is 41.3 Å². The third-order valence-corrected chi connectivity index (χ3v) is 8.58. The number of carboxylic acids is 1. The SMILES string of the molecule is Cc1cc(-c2cc(C(=O)N3C[C@@H](F)c4ccccc4[C@H]3C)nc3cc(-c4ccc([C@H]5C[C@@H]5C(=O)O)cc4F)nn23)n(C)n1. The number of aromatic nitrogens is 5. The molecule has 43 heavy (non-hydrogen) atoms. The zero-order chi connectivity index (χ0) is 30.2. The number of carbonyl (C=O) groups excluding carboxylic acids is 1. The average Bonchev–Trinajstić information content (AvgIpc) is 3.57. The lowest BCUT2D eigenvalue weighted by molar-refractivity contribution is -0.138. The molecule has 2 aromatic carbocycles. The normalized spacial score (nSPS) is 21.2. The number of nitrogens with zero attached hydrogens (tertiary/aromatic N) is 6.